The van der Waals surface area contributed by atoms with E-state index in [1.807, 2.05) is 0 Å². The summed E-state index contributed by atoms with van der Waals surface area (Å²) in [6, 6.07) is -2.14. The third kappa shape index (κ3) is 3.98. The van der Waals surface area contributed by atoms with Crippen molar-refractivity contribution in [2.75, 3.05) is 13.2 Å². The highest BCUT2D eigenvalue weighted by atomic mass is 16.7. The van der Waals surface area contributed by atoms with Crippen LogP contribution in [0, 0.1) is 0 Å². The standard InChI is InChI=1S/C19H37N5O8/c20-4-7-1-2-8(21)15(29-7)31-14-9(22)3-18(24)6-19(14,28)17(18)32-16-13(27)11(23)12(26)10(5-25)30-16/h7-17,25-28H,1-6,20-24H2/t7?,8-,9?,10?,11?,12+,13-,14?,15+,16-,17?,18+,19?/m0/s1. The lowest BCUT2D eigenvalue weighted by Gasteiger charge is -2.66. The Morgan fingerprint density at radius 2 is 1.69 bits per heavy atom. The third-order valence-corrected chi connectivity index (χ3v) is 7.34. The van der Waals surface area contributed by atoms with Crippen LogP contribution in [0.25, 0.3) is 0 Å². The zero-order chi connectivity index (χ0) is 23.4. The van der Waals surface area contributed by atoms with E-state index in [-0.39, 0.29) is 18.9 Å². The number of fused-ring (bicyclic) bond motifs is 2. The topological polar surface area (TPSA) is 248 Å². The molecule has 186 valence electrons. The lowest BCUT2D eigenvalue weighted by molar-refractivity contribution is -0.373. The lowest BCUT2D eigenvalue weighted by atomic mass is 9.51. The van der Waals surface area contributed by atoms with Crippen LogP contribution in [0.1, 0.15) is 25.7 Å². The number of ether oxygens (including phenoxy) is 4. The van der Waals surface area contributed by atoms with Crippen LogP contribution in [0.15, 0.2) is 0 Å². The van der Waals surface area contributed by atoms with Gasteiger partial charge in [0.1, 0.15) is 36.1 Å². The average Bonchev–Trinajstić information content (AvgIpc) is 2.75. The second-order valence-electron chi connectivity index (χ2n) is 9.73. The molecule has 3 saturated carbocycles. The molecule has 32 heavy (non-hydrogen) atoms. The average molecular weight is 464 g/mol. The summed E-state index contributed by atoms with van der Waals surface area (Å²) in [5, 5.41) is 41.4. The van der Waals surface area contributed by atoms with Crippen molar-refractivity contribution in [2.45, 2.75) is 104 Å². The molecule has 7 unspecified atom stereocenters. The zero-order valence-electron chi connectivity index (χ0n) is 17.9. The van der Waals surface area contributed by atoms with Crippen LogP contribution in [0.3, 0.4) is 0 Å². The first-order valence-electron chi connectivity index (χ1n) is 11.1. The van der Waals surface area contributed by atoms with E-state index >= 15 is 0 Å². The minimum Gasteiger partial charge on any atom is -0.394 e. The van der Waals surface area contributed by atoms with Crippen molar-refractivity contribution in [1.29, 1.82) is 0 Å². The van der Waals surface area contributed by atoms with Gasteiger partial charge in [-0.3, -0.25) is 0 Å². The molecule has 13 atom stereocenters. The first kappa shape index (κ1) is 24.6. The molecule has 0 aromatic carbocycles. The fourth-order valence-electron chi connectivity index (χ4n) is 5.58. The summed E-state index contributed by atoms with van der Waals surface area (Å²) in [4.78, 5) is 0. The van der Waals surface area contributed by atoms with Crippen molar-refractivity contribution in [3.63, 3.8) is 0 Å². The lowest BCUT2D eigenvalue weighted by Crippen LogP contribution is -2.87. The molecule has 5 fully saturated rings. The molecule has 0 aromatic rings. The summed E-state index contributed by atoms with van der Waals surface area (Å²) in [7, 11) is 0. The van der Waals surface area contributed by atoms with E-state index in [2.05, 4.69) is 0 Å². The van der Waals surface area contributed by atoms with E-state index in [9.17, 15) is 20.4 Å². The van der Waals surface area contributed by atoms with E-state index in [4.69, 9.17) is 47.6 Å². The molecule has 5 rings (SSSR count). The second-order valence-corrected chi connectivity index (χ2v) is 9.73. The predicted octanol–water partition coefficient (Wildman–Crippen LogP) is -5.12. The quantitative estimate of drug-likeness (QED) is 0.179. The number of rotatable bonds is 6. The number of aliphatic hydroxyl groups excluding tert-OH is 3. The number of hydrogen-bond acceptors (Lipinski definition) is 13. The summed E-state index contributed by atoms with van der Waals surface area (Å²) < 4.78 is 23.4. The Morgan fingerprint density at radius 1 is 0.969 bits per heavy atom. The maximum Gasteiger partial charge on any atom is 0.186 e. The normalized spacial score (nSPS) is 56.0. The molecule has 13 nitrogen and oxygen atoms in total. The van der Waals surface area contributed by atoms with Crippen LogP contribution < -0.4 is 28.7 Å². The first-order valence-corrected chi connectivity index (χ1v) is 11.1. The SMILES string of the molecule is NCC1CC[C@H](N)[C@@H](OC2C(N)C[C@@]3(N)CC2(O)C3O[C@@H]2OC(CO)[C@@H](O)C(N)[C@@H]2O)O1. The molecule has 2 aliphatic heterocycles. The second kappa shape index (κ2) is 8.92. The van der Waals surface area contributed by atoms with Gasteiger partial charge in [0.25, 0.3) is 0 Å². The monoisotopic (exact) mass is 463 g/mol. The number of aliphatic hydroxyl groups is 4. The van der Waals surface area contributed by atoms with E-state index in [1.165, 1.54) is 0 Å². The molecule has 0 radical (unpaired) electrons. The van der Waals surface area contributed by atoms with Crippen LogP contribution in [-0.2, 0) is 18.9 Å². The fourth-order valence-corrected chi connectivity index (χ4v) is 5.58. The third-order valence-electron chi connectivity index (χ3n) is 7.34. The smallest absolute Gasteiger partial charge is 0.186 e. The summed E-state index contributed by atoms with van der Waals surface area (Å²) in [5.74, 6) is 0. The molecule has 0 aromatic heterocycles. The van der Waals surface area contributed by atoms with Gasteiger partial charge in [-0.2, -0.15) is 0 Å². The predicted molar refractivity (Wildman–Crippen MR) is 109 cm³/mol. The molecule has 5 aliphatic rings. The number of hydrogen-bond donors (Lipinski definition) is 9. The zero-order valence-corrected chi connectivity index (χ0v) is 17.9. The Labute approximate surface area is 186 Å². The van der Waals surface area contributed by atoms with Crippen LogP contribution in [0.5, 0.6) is 0 Å². The molecule has 13 heteroatoms. The summed E-state index contributed by atoms with van der Waals surface area (Å²) in [6.45, 7) is -0.208. The van der Waals surface area contributed by atoms with Gasteiger partial charge in [0.15, 0.2) is 12.6 Å². The van der Waals surface area contributed by atoms with Crippen LogP contribution in [-0.4, -0.2) is 112 Å². The molecule has 14 N–H and O–H groups in total. The highest BCUT2D eigenvalue weighted by Crippen LogP contribution is 2.54. The Kier molecular flexibility index (Phi) is 6.86. The van der Waals surface area contributed by atoms with Crippen molar-refractivity contribution in [2.24, 2.45) is 28.7 Å². The molecule has 0 amide bonds. The molecule has 0 spiro atoms. The van der Waals surface area contributed by atoms with E-state index in [0.717, 1.165) is 0 Å². The van der Waals surface area contributed by atoms with Crippen molar-refractivity contribution in [3.05, 3.63) is 0 Å². The van der Waals surface area contributed by atoms with Gasteiger partial charge < -0.3 is 68.0 Å². The van der Waals surface area contributed by atoms with Gasteiger partial charge in [-0.15, -0.1) is 0 Å². The van der Waals surface area contributed by atoms with Crippen LogP contribution in [0.2, 0.25) is 0 Å². The van der Waals surface area contributed by atoms with Crippen molar-refractivity contribution in [1.82, 2.24) is 0 Å². The van der Waals surface area contributed by atoms with Gasteiger partial charge in [0, 0.05) is 24.5 Å². The largest absolute Gasteiger partial charge is 0.394 e. The Hall–Kier alpha value is -0.520. The highest BCUT2D eigenvalue weighted by molar-refractivity contribution is 5.27. The fraction of sp³-hybridized carbons (Fsp3) is 1.00. The van der Waals surface area contributed by atoms with Gasteiger partial charge in [-0.05, 0) is 19.3 Å². The van der Waals surface area contributed by atoms with E-state index in [1.54, 1.807) is 0 Å². The minimum atomic E-state index is -1.59. The molecule has 2 heterocycles. The Balaban J connectivity index is 1.50. The summed E-state index contributed by atoms with van der Waals surface area (Å²) in [6.07, 6.45) is -6.21. The number of nitrogens with two attached hydrogens (primary N) is 5. The highest BCUT2D eigenvalue weighted by Gasteiger charge is 2.72. The molecule has 3 aliphatic carbocycles. The summed E-state index contributed by atoms with van der Waals surface area (Å²) in [5.41, 5.74) is 27.9. The van der Waals surface area contributed by atoms with Gasteiger partial charge in [0.2, 0.25) is 0 Å². The van der Waals surface area contributed by atoms with Gasteiger partial charge in [-0.25, -0.2) is 0 Å². The van der Waals surface area contributed by atoms with Crippen LogP contribution in [0.4, 0.5) is 0 Å². The van der Waals surface area contributed by atoms with Gasteiger partial charge >= 0.3 is 0 Å². The van der Waals surface area contributed by atoms with Crippen molar-refractivity contribution >= 4 is 0 Å². The molecule has 2 bridgehead atoms. The Morgan fingerprint density at radius 3 is 2.34 bits per heavy atom. The van der Waals surface area contributed by atoms with Crippen molar-refractivity contribution in [3.8, 4) is 0 Å². The summed E-state index contributed by atoms with van der Waals surface area (Å²) >= 11 is 0. The molecular weight excluding hydrogens is 426 g/mol. The molecular formula is C19H37N5O8. The van der Waals surface area contributed by atoms with E-state index in [0.29, 0.717) is 19.4 Å². The minimum absolute atomic E-state index is 0.145. The van der Waals surface area contributed by atoms with Gasteiger partial charge in [-0.1, -0.05) is 0 Å². The van der Waals surface area contributed by atoms with Gasteiger partial charge in [0.05, 0.1) is 24.8 Å². The van der Waals surface area contributed by atoms with Crippen molar-refractivity contribution < 1.29 is 39.4 Å². The first-order chi connectivity index (χ1) is 15.0. The van der Waals surface area contributed by atoms with E-state index < -0.39 is 79.0 Å². The Bertz CT molecular complexity index is 674. The maximum atomic E-state index is 11.5. The molecule has 2 saturated heterocycles. The maximum absolute atomic E-state index is 11.5. The van der Waals surface area contributed by atoms with Crippen LogP contribution >= 0.6 is 0 Å².